The average Bonchev–Trinajstić information content (AvgIpc) is 2.70. The van der Waals surface area contributed by atoms with E-state index in [-0.39, 0.29) is 25.7 Å². The van der Waals surface area contributed by atoms with Gasteiger partial charge in [-0.1, -0.05) is 48.5 Å². The molecule has 7 nitrogen and oxygen atoms in total. The van der Waals surface area contributed by atoms with Gasteiger partial charge in [0.15, 0.2) is 6.10 Å². The molecule has 0 aromatic heterocycles. The second-order valence-electron chi connectivity index (χ2n) is 8.22. The average molecular weight is 430 g/mol. The van der Waals surface area contributed by atoms with Crippen LogP contribution in [0.3, 0.4) is 0 Å². The van der Waals surface area contributed by atoms with E-state index in [4.69, 9.17) is 9.47 Å². The molecule has 2 rings (SSSR count). The third-order valence-corrected chi connectivity index (χ3v) is 4.59. The monoisotopic (exact) mass is 429 g/mol. The highest BCUT2D eigenvalue weighted by molar-refractivity contribution is 5.72. The Labute approximate surface area is 183 Å². The number of amides is 1. The number of aliphatic carboxylic acids is 1. The quantitative estimate of drug-likeness (QED) is 0.531. The Kier molecular flexibility index (Phi) is 8.59. The van der Waals surface area contributed by atoms with Gasteiger partial charge in [0.2, 0.25) is 0 Å². The summed E-state index contributed by atoms with van der Waals surface area (Å²) in [7, 11) is 0. The zero-order valence-electron chi connectivity index (χ0n) is 18.4. The zero-order chi connectivity index (χ0) is 23.0. The molecule has 2 aromatic carbocycles. The SMILES string of the molecule is CC(C)O[C@@H](Cc1cccc(CNC(=O)OCc2ccc(C(C)(C)O)cc2)c1)C(=O)O. The zero-order valence-corrected chi connectivity index (χ0v) is 18.4. The van der Waals surface area contributed by atoms with Crippen molar-refractivity contribution in [1.29, 1.82) is 0 Å². The van der Waals surface area contributed by atoms with E-state index < -0.39 is 23.8 Å². The van der Waals surface area contributed by atoms with Crippen LogP contribution in [0.15, 0.2) is 48.5 Å². The second kappa shape index (κ2) is 10.9. The highest BCUT2D eigenvalue weighted by Crippen LogP contribution is 2.20. The fraction of sp³-hybridized carbons (Fsp3) is 0.417. The van der Waals surface area contributed by atoms with Crippen molar-refractivity contribution in [2.75, 3.05) is 0 Å². The first kappa shape index (κ1) is 24.4. The van der Waals surface area contributed by atoms with E-state index in [0.29, 0.717) is 0 Å². The van der Waals surface area contributed by atoms with Crippen LogP contribution < -0.4 is 5.32 Å². The van der Waals surface area contributed by atoms with Crippen LogP contribution in [0.4, 0.5) is 4.79 Å². The van der Waals surface area contributed by atoms with Crippen molar-refractivity contribution in [3.05, 3.63) is 70.8 Å². The third kappa shape index (κ3) is 8.39. The normalized spacial score (nSPS) is 12.5. The first-order valence-corrected chi connectivity index (χ1v) is 10.2. The lowest BCUT2D eigenvalue weighted by Gasteiger charge is -2.18. The molecule has 0 fully saturated rings. The van der Waals surface area contributed by atoms with Gasteiger partial charge in [-0.05, 0) is 49.9 Å². The maximum Gasteiger partial charge on any atom is 0.407 e. The number of carboxylic acids is 1. The maximum absolute atomic E-state index is 12.0. The van der Waals surface area contributed by atoms with Gasteiger partial charge in [-0.15, -0.1) is 0 Å². The summed E-state index contributed by atoms with van der Waals surface area (Å²) in [6, 6.07) is 14.6. The molecule has 0 heterocycles. The molecule has 1 amide bonds. The van der Waals surface area contributed by atoms with Gasteiger partial charge in [0.05, 0.1) is 11.7 Å². The van der Waals surface area contributed by atoms with Crippen LogP contribution in [0.2, 0.25) is 0 Å². The van der Waals surface area contributed by atoms with Gasteiger partial charge >= 0.3 is 12.1 Å². The molecule has 0 unspecified atom stereocenters. The molecule has 0 saturated heterocycles. The number of rotatable bonds is 10. The molecule has 1 atom stereocenters. The van der Waals surface area contributed by atoms with Crippen molar-refractivity contribution in [2.45, 2.75) is 65.1 Å². The summed E-state index contributed by atoms with van der Waals surface area (Å²) in [4.78, 5) is 23.4. The number of carbonyl (C=O) groups is 2. The number of nitrogens with one attached hydrogen (secondary N) is 1. The number of hydrogen-bond donors (Lipinski definition) is 3. The van der Waals surface area contributed by atoms with Crippen molar-refractivity contribution >= 4 is 12.1 Å². The Morgan fingerprint density at radius 3 is 2.26 bits per heavy atom. The highest BCUT2D eigenvalue weighted by atomic mass is 16.5. The van der Waals surface area contributed by atoms with Crippen molar-refractivity contribution in [2.24, 2.45) is 0 Å². The predicted octanol–water partition coefficient (Wildman–Crippen LogP) is 3.76. The molecule has 0 radical (unpaired) electrons. The Hall–Kier alpha value is -2.90. The summed E-state index contributed by atoms with van der Waals surface area (Å²) < 4.78 is 10.7. The lowest BCUT2D eigenvalue weighted by atomic mass is 9.97. The van der Waals surface area contributed by atoms with Crippen molar-refractivity contribution in [3.63, 3.8) is 0 Å². The Balaban J connectivity index is 1.85. The molecule has 31 heavy (non-hydrogen) atoms. The minimum atomic E-state index is -1.00. The fourth-order valence-electron chi connectivity index (χ4n) is 2.99. The van der Waals surface area contributed by atoms with Crippen LogP contribution >= 0.6 is 0 Å². The van der Waals surface area contributed by atoms with E-state index >= 15 is 0 Å². The molecular weight excluding hydrogens is 398 g/mol. The van der Waals surface area contributed by atoms with Crippen molar-refractivity contribution in [1.82, 2.24) is 5.32 Å². The first-order chi connectivity index (χ1) is 14.5. The van der Waals surface area contributed by atoms with Crippen LogP contribution in [-0.2, 0) is 39.4 Å². The van der Waals surface area contributed by atoms with Crippen molar-refractivity contribution < 1.29 is 29.3 Å². The topological polar surface area (TPSA) is 105 Å². The molecule has 168 valence electrons. The lowest BCUT2D eigenvalue weighted by molar-refractivity contribution is -0.153. The number of ether oxygens (including phenoxy) is 2. The summed E-state index contributed by atoms with van der Waals surface area (Å²) in [5.41, 5.74) is 2.32. The number of alkyl carbamates (subject to hydrolysis) is 1. The highest BCUT2D eigenvalue weighted by Gasteiger charge is 2.20. The van der Waals surface area contributed by atoms with E-state index in [0.717, 1.165) is 22.3 Å². The summed E-state index contributed by atoms with van der Waals surface area (Å²) >= 11 is 0. The second-order valence-corrected chi connectivity index (χ2v) is 8.22. The van der Waals surface area contributed by atoms with Crippen LogP contribution in [0, 0.1) is 0 Å². The number of benzene rings is 2. The molecule has 0 aliphatic heterocycles. The third-order valence-electron chi connectivity index (χ3n) is 4.59. The minimum Gasteiger partial charge on any atom is -0.479 e. The van der Waals surface area contributed by atoms with Gasteiger partial charge in [-0.3, -0.25) is 0 Å². The van der Waals surface area contributed by atoms with Crippen molar-refractivity contribution in [3.8, 4) is 0 Å². The molecule has 0 spiro atoms. The molecule has 0 saturated carbocycles. The molecule has 0 aliphatic carbocycles. The molecule has 0 bridgehead atoms. The van der Waals surface area contributed by atoms with Gasteiger partial charge in [-0.25, -0.2) is 9.59 Å². The largest absolute Gasteiger partial charge is 0.479 e. The van der Waals surface area contributed by atoms with Gasteiger partial charge in [0.25, 0.3) is 0 Å². The number of hydrogen-bond acceptors (Lipinski definition) is 5. The smallest absolute Gasteiger partial charge is 0.407 e. The number of aliphatic hydroxyl groups is 1. The van der Waals surface area contributed by atoms with Gasteiger partial charge < -0.3 is 25.0 Å². The Morgan fingerprint density at radius 2 is 1.68 bits per heavy atom. The summed E-state index contributed by atoms with van der Waals surface area (Å²) in [5.74, 6) is -1.00. The van der Waals surface area contributed by atoms with Gasteiger partial charge in [0.1, 0.15) is 6.61 Å². The Morgan fingerprint density at radius 1 is 1.03 bits per heavy atom. The first-order valence-electron chi connectivity index (χ1n) is 10.2. The molecule has 7 heteroatoms. The van der Waals surface area contributed by atoms with Crippen LogP contribution in [0.5, 0.6) is 0 Å². The van der Waals surface area contributed by atoms with E-state index in [1.807, 2.05) is 36.4 Å². The van der Waals surface area contributed by atoms with E-state index in [9.17, 15) is 19.8 Å². The molecular formula is C24H31NO6. The molecule has 0 aliphatic rings. The number of carbonyl (C=O) groups excluding carboxylic acids is 1. The maximum atomic E-state index is 12.0. The van der Waals surface area contributed by atoms with E-state index in [1.54, 1.807) is 39.8 Å². The van der Waals surface area contributed by atoms with Crippen LogP contribution in [0.25, 0.3) is 0 Å². The number of carboxylic acid groups (broad SMARTS) is 1. The van der Waals surface area contributed by atoms with Crippen LogP contribution in [-0.4, -0.2) is 34.5 Å². The minimum absolute atomic E-state index is 0.116. The standard InChI is InChI=1S/C24H31NO6/c1-16(2)31-21(22(26)27)13-18-6-5-7-19(12-18)14-25-23(28)30-15-17-8-10-20(11-9-17)24(3,4)29/h5-12,16,21,29H,13-15H2,1-4H3,(H,25,28)(H,26,27)/t21-/m0/s1. The Bertz CT molecular complexity index is 870. The van der Waals surface area contributed by atoms with Gasteiger partial charge in [-0.2, -0.15) is 0 Å². The molecule has 3 N–H and O–H groups in total. The summed E-state index contributed by atoms with van der Waals surface area (Å²) in [5, 5.41) is 22.0. The van der Waals surface area contributed by atoms with Crippen LogP contribution in [0.1, 0.15) is 49.9 Å². The molecule has 2 aromatic rings. The van der Waals surface area contributed by atoms with E-state index in [2.05, 4.69) is 5.32 Å². The summed E-state index contributed by atoms with van der Waals surface area (Å²) in [6.07, 6.45) is -1.42. The fourth-order valence-corrected chi connectivity index (χ4v) is 2.99. The van der Waals surface area contributed by atoms with E-state index in [1.165, 1.54) is 0 Å². The van der Waals surface area contributed by atoms with Gasteiger partial charge in [0, 0.05) is 13.0 Å². The lowest BCUT2D eigenvalue weighted by Crippen LogP contribution is -2.29. The summed E-state index contributed by atoms with van der Waals surface area (Å²) in [6.45, 7) is 7.38. The predicted molar refractivity (Wildman–Crippen MR) is 117 cm³/mol.